The number of halogens is 2. The number of hydrogen-bond donors (Lipinski definition) is 1. The summed E-state index contributed by atoms with van der Waals surface area (Å²) in [6.07, 6.45) is 6.79. The molecule has 1 aliphatic heterocycles. The second-order valence-electron chi connectivity index (χ2n) is 10.0. The van der Waals surface area contributed by atoms with Gasteiger partial charge < -0.3 is 15.4 Å². The van der Waals surface area contributed by atoms with Crippen LogP contribution in [-0.2, 0) is 11.3 Å². The Hall–Kier alpha value is -4.85. The standard InChI is InChI=1S/C29H25F2N7O2/c30-20-7-10-23(31)24(13-20)40-22-8-5-18(6-9-22)26-25-27(33)34-16-35-28(25)38(36-26)15-21-2-1-11-37(21)29(39)19(14-32)12-17-3-4-17/h5-10,12-13,16-17,21H,1-4,11,15H2,(H2,33,34,35)/b19-12-/t21-/m0/s1. The van der Waals surface area contributed by atoms with Crippen molar-refractivity contribution < 1.29 is 18.3 Å². The number of aromatic nitrogens is 4. The molecule has 0 radical (unpaired) electrons. The van der Waals surface area contributed by atoms with Crippen LogP contribution in [0.1, 0.15) is 25.7 Å². The van der Waals surface area contributed by atoms with Gasteiger partial charge in [-0.05, 0) is 68.0 Å². The lowest BCUT2D eigenvalue weighted by atomic mass is 10.1. The molecule has 4 aromatic rings. The first-order chi connectivity index (χ1) is 19.4. The van der Waals surface area contributed by atoms with Crippen molar-refractivity contribution in [1.82, 2.24) is 24.6 Å². The lowest BCUT2D eigenvalue weighted by Crippen LogP contribution is -2.39. The molecule has 9 nitrogen and oxygen atoms in total. The highest BCUT2D eigenvalue weighted by Gasteiger charge is 2.33. The van der Waals surface area contributed by atoms with E-state index in [4.69, 9.17) is 15.6 Å². The fourth-order valence-corrected chi connectivity index (χ4v) is 5.03. The zero-order valence-electron chi connectivity index (χ0n) is 21.4. The molecule has 0 unspecified atom stereocenters. The van der Waals surface area contributed by atoms with Gasteiger partial charge in [-0.3, -0.25) is 4.79 Å². The molecule has 1 saturated heterocycles. The van der Waals surface area contributed by atoms with Crippen molar-refractivity contribution in [3.63, 3.8) is 0 Å². The first-order valence-electron chi connectivity index (χ1n) is 13.0. The van der Waals surface area contributed by atoms with Crippen molar-refractivity contribution in [2.75, 3.05) is 12.3 Å². The van der Waals surface area contributed by atoms with Gasteiger partial charge in [0.1, 0.15) is 41.0 Å². The van der Waals surface area contributed by atoms with E-state index in [-0.39, 0.29) is 29.1 Å². The van der Waals surface area contributed by atoms with Gasteiger partial charge in [-0.2, -0.15) is 10.4 Å². The molecule has 2 N–H and O–H groups in total. The number of nitrogens with two attached hydrogens (primary N) is 1. The van der Waals surface area contributed by atoms with Crippen LogP contribution in [0, 0.1) is 28.9 Å². The van der Waals surface area contributed by atoms with Gasteiger partial charge in [-0.15, -0.1) is 0 Å². The number of carbonyl (C=O) groups is 1. The molecule has 2 aromatic heterocycles. The van der Waals surface area contributed by atoms with Crippen LogP contribution in [0.5, 0.6) is 11.5 Å². The number of nitriles is 1. The number of anilines is 1. The summed E-state index contributed by atoms with van der Waals surface area (Å²) in [5, 5.41) is 15.0. The summed E-state index contributed by atoms with van der Waals surface area (Å²) in [4.78, 5) is 23.5. The van der Waals surface area contributed by atoms with Gasteiger partial charge in [0, 0.05) is 18.2 Å². The Morgan fingerprint density at radius 1 is 1.15 bits per heavy atom. The van der Waals surface area contributed by atoms with Crippen molar-refractivity contribution >= 4 is 22.8 Å². The maximum Gasteiger partial charge on any atom is 0.264 e. The number of likely N-dealkylation sites (tertiary alicyclic amines) is 1. The minimum atomic E-state index is -0.676. The molecule has 11 heteroatoms. The highest BCUT2D eigenvalue weighted by Crippen LogP contribution is 2.34. The monoisotopic (exact) mass is 541 g/mol. The SMILES string of the molecule is N#C/C(=C/C1CC1)C(=O)N1CCC[C@H]1Cn1nc(-c2ccc(Oc3cc(F)ccc3F)cc2)c2c(N)ncnc21. The quantitative estimate of drug-likeness (QED) is 0.258. The summed E-state index contributed by atoms with van der Waals surface area (Å²) in [5.41, 5.74) is 8.21. The Morgan fingerprint density at radius 2 is 1.95 bits per heavy atom. The van der Waals surface area contributed by atoms with Crippen LogP contribution in [0.15, 0.2) is 60.4 Å². The van der Waals surface area contributed by atoms with Crippen molar-refractivity contribution in [1.29, 1.82) is 5.26 Å². The Kier molecular flexibility index (Phi) is 6.59. The molecule has 2 aromatic carbocycles. The summed E-state index contributed by atoms with van der Waals surface area (Å²) in [6.45, 7) is 0.949. The Balaban J connectivity index is 1.28. The first kappa shape index (κ1) is 25.4. The number of carbonyl (C=O) groups excluding carboxylic acids is 1. The average molecular weight is 542 g/mol. The van der Waals surface area contributed by atoms with Crippen LogP contribution >= 0.6 is 0 Å². The molecule has 2 fully saturated rings. The molecule has 202 valence electrons. The van der Waals surface area contributed by atoms with Gasteiger partial charge in [0.05, 0.1) is 18.0 Å². The largest absolute Gasteiger partial charge is 0.454 e. The van der Waals surface area contributed by atoms with Crippen LogP contribution in [0.3, 0.4) is 0 Å². The Morgan fingerprint density at radius 3 is 2.70 bits per heavy atom. The predicted octanol–water partition coefficient (Wildman–Crippen LogP) is 5.00. The number of nitrogen functional groups attached to an aromatic ring is 1. The lowest BCUT2D eigenvalue weighted by molar-refractivity contribution is -0.127. The van der Waals surface area contributed by atoms with Gasteiger partial charge >= 0.3 is 0 Å². The molecule has 1 aliphatic carbocycles. The third-order valence-corrected chi connectivity index (χ3v) is 7.20. The van der Waals surface area contributed by atoms with E-state index in [1.165, 1.54) is 6.33 Å². The Labute approximate surface area is 228 Å². The first-order valence-corrected chi connectivity index (χ1v) is 13.0. The number of benzene rings is 2. The van der Waals surface area contributed by atoms with Crippen LogP contribution in [-0.4, -0.2) is 43.1 Å². The second-order valence-corrected chi connectivity index (χ2v) is 10.0. The van der Waals surface area contributed by atoms with E-state index in [9.17, 15) is 18.8 Å². The van der Waals surface area contributed by atoms with Crippen LogP contribution < -0.4 is 10.5 Å². The lowest BCUT2D eigenvalue weighted by Gasteiger charge is -2.24. The molecule has 2 aliphatic rings. The zero-order chi connectivity index (χ0) is 27.8. The Bertz CT molecular complexity index is 1670. The van der Waals surface area contributed by atoms with Crippen molar-refractivity contribution in [2.45, 2.75) is 38.3 Å². The molecular formula is C29H25F2N7O2. The van der Waals surface area contributed by atoms with Crippen LogP contribution in [0.2, 0.25) is 0 Å². The van der Waals surface area contributed by atoms with E-state index >= 15 is 0 Å². The highest BCUT2D eigenvalue weighted by molar-refractivity contribution is 5.99. The fourth-order valence-electron chi connectivity index (χ4n) is 5.03. The molecule has 0 spiro atoms. The summed E-state index contributed by atoms with van der Waals surface area (Å²) in [6, 6.07) is 11.6. The van der Waals surface area contributed by atoms with Gasteiger partial charge in [-0.25, -0.2) is 23.4 Å². The molecule has 1 saturated carbocycles. The maximum absolute atomic E-state index is 14.0. The van der Waals surface area contributed by atoms with Gasteiger partial charge in [-0.1, -0.05) is 6.08 Å². The number of rotatable bonds is 7. The number of amides is 1. The van der Waals surface area contributed by atoms with Gasteiger partial charge in [0.25, 0.3) is 5.91 Å². The smallest absolute Gasteiger partial charge is 0.264 e. The van der Waals surface area contributed by atoms with E-state index < -0.39 is 11.6 Å². The molecule has 3 heterocycles. The second kappa shape index (κ2) is 10.4. The van der Waals surface area contributed by atoms with E-state index in [1.54, 1.807) is 39.9 Å². The van der Waals surface area contributed by atoms with Crippen molar-refractivity contribution in [3.05, 3.63) is 72.1 Å². The van der Waals surface area contributed by atoms with E-state index in [1.807, 2.05) is 0 Å². The van der Waals surface area contributed by atoms with E-state index in [2.05, 4.69) is 16.0 Å². The molecule has 1 amide bonds. The number of ether oxygens (including phenoxy) is 1. The molecule has 0 bridgehead atoms. The number of hydrogen-bond acceptors (Lipinski definition) is 7. The predicted molar refractivity (Wildman–Crippen MR) is 143 cm³/mol. The summed E-state index contributed by atoms with van der Waals surface area (Å²) < 4.78 is 34.8. The zero-order valence-corrected chi connectivity index (χ0v) is 21.4. The van der Waals surface area contributed by atoms with Crippen molar-refractivity contribution in [2.24, 2.45) is 5.92 Å². The topological polar surface area (TPSA) is 123 Å². The minimum Gasteiger partial charge on any atom is -0.454 e. The molecule has 1 atom stereocenters. The van der Waals surface area contributed by atoms with Gasteiger partial charge in [0.2, 0.25) is 0 Å². The summed E-state index contributed by atoms with van der Waals surface area (Å²) >= 11 is 0. The van der Waals surface area contributed by atoms with E-state index in [0.29, 0.717) is 47.0 Å². The number of allylic oxidation sites excluding steroid dienone is 1. The third kappa shape index (κ3) is 4.96. The maximum atomic E-state index is 14.0. The van der Waals surface area contributed by atoms with Gasteiger partial charge in [0.15, 0.2) is 17.2 Å². The number of nitrogens with zero attached hydrogens (tertiary/aromatic N) is 6. The van der Waals surface area contributed by atoms with Crippen molar-refractivity contribution in [3.8, 4) is 28.8 Å². The van der Waals surface area contributed by atoms with Crippen LogP contribution in [0.25, 0.3) is 22.3 Å². The molecule has 40 heavy (non-hydrogen) atoms. The summed E-state index contributed by atoms with van der Waals surface area (Å²) in [7, 11) is 0. The normalized spacial score (nSPS) is 17.3. The fraction of sp³-hybridized carbons (Fsp3) is 0.276. The highest BCUT2D eigenvalue weighted by atomic mass is 19.1. The molecular weight excluding hydrogens is 516 g/mol. The number of fused-ring (bicyclic) bond motifs is 1. The summed E-state index contributed by atoms with van der Waals surface area (Å²) in [5.74, 6) is -0.854. The van der Waals surface area contributed by atoms with Crippen LogP contribution in [0.4, 0.5) is 14.6 Å². The molecule has 6 rings (SSSR count). The average Bonchev–Trinajstić information content (AvgIpc) is 3.53. The third-order valence-electron chi connectivity index (χ3n) is 7.20. The minimum absolute atomic E-state index is 0.160. The van der Waals surface area contributed by atoms with E-state index in [0.717, 1.165) is 43.9 Å².